The van der Waals surface area contributed by atoms with Crippen molar-refractivity contribution in [1.29, 1.82) is 0 Å². The molecule has 0 aromatic heterocycles. The Morgan fingerprint density at radius 2 is 1.48 bits per heavy atom. The van der Waals surface area contributed by atoms with Gasteiger partial charge in [0.2, 0.25) is 23.6 Å². The molecule has 0 radical (unpaired) electrons. The molecule has 1 saturated heterocycles. The summed E-state index contributed by atoms with van der Waals surface area (Å²) in [4.78, 5) is 60.2. The second kappa shape index (κ2) is 17.0. The Bertz CT molecular complexity index is 1850. The van der Waals surface area contributed by atoms with Gasteiger partial charge in [0.15, 0.2) is 6.10 Å². The number of nitrogens with one attached hydrogen (secondary N) is 3. The lowest BCUT2D eigenvalue weighted by Gasteiger charge is -2.34. The van der Waals surface area contributed by atoms with Crippen LogP contribution in [0.2, 0.25) is 0 Å². The van der Waals surface area contributed by atoms with E-state index in [-0.39, 0.29) is 12.3 Å². The number of ether oxygens (including phenoxy) is 1. The largest absolute Gasteiger partial charge is 0.483 e. The number of hydrogen-bond donors (Lipinski definition) is 3. The molecule has 3 heterocycles. The number of amides is 4. The van der Waals surface area contributed by atoms with E-state index in [0.717, 1.165) is 16.7 Å². The summed E-state index contributed by atoms with van der Waals surface area (Å²) >= 11 is 0. The van der Waals surface area contributed by atoms with Crippen molar-refractivity contribution in [2.24, 2.45) is 0 Å². The lowest BCUT2D eigenvalue weighted by molar-refractivity contribution is -0.143. The molecule has 4 aromatic carbocycles. The molecule has 10 nitrogen and oxygen atoms in total. The molecule has 10 heteroatoms. The topological polar surface area (TPSA) is 120 Å². The zero-order valence-corrected chi connectivity index (χ0v) is 29.5. The van der Waals surface area contributed by atoms with Crippen molar-refractivity contribution in [2.45, 2.75) is 56.0 Å². The van der Waals surface area contributed by atoms with E-state index < -0.39 is 48.0 Å². The summed E-state index contributed by atoms with van der Waals surface area (Å²) in [7, 11) is 3.73. The molecule has 3 aliphatic rings. The van der Waals surface area contributed by atoms with Crippen LogP contribution in [0, 0.1) is 0 Å². The zero-order chi connectivity index (χ0) is 36.5. The number of carbonyl (C=O) groups excluding carboxylic acids is 4. The fraction of sp³-hybridized carbons (Fsp3) is 0.286. The average Bonchev–Trinajstić information content (AvgIpc) is 3.66. The maximum Gasteiger partial charge on any atom is 0.247 e. The molecule has 3 aliphatic heterocycles. The third-order valence-electron chi connectivity index (χ3n) is 9.59. The van der Waals surface area contributed by atoms with Gasteiger partial charge in [0, 0.05) is 19.2 Å². The van der Waals surface area contributed by atoms with Gasteiger partial charge in [-0.3, -0.25) is 24.1 Å². The first-order valence-corrected chi connectivity index (χ1v) is 17.7. The van der Waals surface area contributed by atoms with E-state index in [0.29, 0.717) is 37.1 Å². The number of carbonyl (C=O) groups is 4. The summed E-state index contributed by atoms with van der Waals surface area (Å²) in [6, 6.07) is 32.2. The summed E-state index contributed by atoms with van der Waals surface area (Å²) in [5.41, 5.74) is 3.36. The minimum atomic E-state index is -1.27. The lowest BCUT2D eigenvalue weighted by atomic mass is 9.98. The predicted molar refractivity (Wildman–Crippen MR) is 200 cm³/mol. The van der Waals surface area contributed by atoms with Gasteiger partial charge in [-0.15, -0.1) is 0 Å². The van der Waals surface area contributed by atoms with Crippen LogP contribution in [0.4, 0.5) is 0 Å². The van der Waals surface area contributed by atoms with Crippen LogP contribution >= 0.6 is 0 Å². The fourth-order valence-electron chi connectivity index (χ4n) is 6.77. The van der Waals surface area contributed by atoms with Crippen molar-refractivity contribution < 1.29 is 23.9 Å². The number of hydrogen-bond acceptors (Lipinski definition) is 6. The first-order valence-electron chi connectivity index (χ1n) is 17.7. The van der Waals surface area contributed by atoms with Crippen LogP contribution in [0.5, 0.6) is 5.75 Å². The van der Waals surface area contributed by atoms with Gasteiger partial charge in [-0.05, 0) is 73.8 Å². The van der Waals surface area contributed by atoms with Crippen molar-refractivity contribution >= 4 is 29.7 Å². The van der Waals surface area contributed by atoms with Crippen LogP contribution < -0.4 is 20.7 Å². The molecule has 1 fully saturated rings. The van der Waals surface area contributed by atoms with E-state index in [1.807, 2.05) is 122 Å². The highest BCUT2D eigenvalue weighted by Gasteiger charge is 2.42. The highest BCUT2D eigenvalue weighted by molar-refractivity contribution is 5.96. The second-order valence-electron chi connectivity index (χ2n) is 13.5. The summed E-state index contributed by atoms with van der Waals surface area (Å²) in [5, 5.41) is 8.75. The van der Waals surface area contributed by atoms with Crippen LogP contribution in [0.1, 0.15) is 41.2 Å². The van der Waals surface area contributed by atoms with Crippen molar-refractivity contribution in [2.75, 3.05) is 20.6 Å². The fourth-order valence-corrected chi connectivity index (χ4v) is 6.77. The van der Waals surface area contributed by atoms with Crippen LogP contribution in [-0.2, 0) is 32.0 Å². The number of nitrogens with zero attached hydrogens (tertiary/aromatic N) is 2. The summed E-state index contributed by atoms with van der Waals surface area (Å²) in [5.74, 6) is -1.12. The first kappa shape index (κ1) is 36.1. The molecule has 52 heavy (non-hydrogen) atoms. The molecule has 0 aliphatic carbocycles. The second-order valence-corrected chi connectivity index (χ2v) is 13.5. The SMILES string of the molecule is CN(C)C(Cc1ccccc1)C(=O)N1CCCC1C(=O)NC1C(=O)NC(Cc2ccccc2)C(=O)N/C=C\c2ccc(cc2)OC1c1ccccc1. The van der Waals surface area contributed by atoms with Gasteiger partial charge in [0.25, 0.3) is 0 Å². The zero-order valence-electron chi connectivity index (χ0n) is 29.5. The maximum atomic E-state index is 14.5. The van der Waals surface area contributed by atoms with Gasteiger partial charge in [0.05, 0.1) is 6.04 Å². The molecule has 5 atom stereocenters. The molecule has 4 aromatic rings. The van der Waals surface area contributed by atoms with Crippen molar-refractivity contribution in [1.82, 2.24) is 25.8 Å². The Labute approximate surface area is 304 Å². The molecular formula is C42H45N5O5. The van der Waals surface area contributed by atoms with Gasteiger partial charge in [0.1, 0.15) is 23.9 Å². The Hall–Kier alpha value is -5.74. The molecule has 3 N–H and O–H groups in total. The van der Waals surface area contributed by atoms with Crippen LogP contribution in [-0.4, -0.2) is 78.2 Å². The quantitative estimate of drug-likeness (QED) is 0.240. The Morgan fingerprint density at radius 3 is 2.13 bits per heavy atom. The van der Waals surface area contributed by atoms with E-state index in [1.165, 1.54) is 0 Å². The number of likely N-dealkylation sites (tertiary alicyclic amines) is 1. The van der Waals surface area contributed by atoms with Gasteiger partial charge in [-0.2, -0.15) is 0 Å². The number of rotatable bonds is 9. The molecule has 268 valence electrons. The maximum absolute atomic E-state index is 14.5. The molecule has 5 unspecified atom stereocenters. The smallest absolute Gasteiger partial charge is 0.247 e. The molecule has 2 bridgehead atoms. The van der Waals surface area contributed by atoms with Gasteiger partial charge >= 0.3 is 0 Å². The molecular weight excluding hydrogens is 654 g/mol. The summed E-state index contributed by atoms with van der Waals surface area (Å²) < 4.78 is 6.55. The molecule has 7 rings (SSSR count). The third kappa shape index (κ3) is 8.94. The van der Waals surface area contributed by atoms with Crippen LogP contribution in [0.15, 0.2) is 121 Å². The lowest BCUT2D eigenvalue weighted by Crippen LogP contribution is -2.59. The van der Waals surface area contributed by atoms with Crippen molar-refractivity contribution in [3.63, 3.8) is 0 Å². The first-order chi connectivity index (χ1) is 25.3. The van der Waals surface area contributed by atoms with E-state index in [1.54, 1.807) is 29.3 Å². The summed E-state index contributed by atoms with van der Waals surface area (Å²) in [6.07, 6.45) is 4.13. The Morgan fingerprint density at radius 1 is 0.846 bits per heavy atom. The monoisotopic (exact) mass is 699 g/mol. The Kier molecular flexibility index (Phi) is 11.8. The van der Waals surface area contributed by atoms with Crippen LogP contribution in [0.25, 0.3) is 6.08 Å². The number of benzene rings is 4. The van der Waals surface area contributed by atoms with E-state index in [9.17, 15) is 19.2 Å². The number of likely N-dealkylation sites (N-methyl/N-ethyl adjacent to an activating group) is 1. The highest BCUT2D eigenvalue weighted by atomic mass is 16.5. The highest BCUT2D eigenvalue weighted by Crippen LogP contribution is 2.28. The predicted octanol–water partition coefficient (Wildman–Crippen LogP) is 4.28. The average molecular weight is 700 g/mol. The Balaban J connectivity index is 1.33. The molecule has 0 saturated carbocycles. The van der Waals surface area contributed by atoms with Gasteiger partial charge in [-0.1, -0.05) is 103 Å². The minimum absolute atomic E-state index is 0.148. The normalized spacial score (nSPS) is 21.7. The van der Waals surface area contributed by atoms with Gasteiger partial charge in [-0.25, -0.2) is 0 Å². The molecule has 4 amide bonds. The van der Waals surface area contributed by atoms with Gasteiger partial charge < -0.3 is 25.6 Å². The van der Waals surface area contributed by atoms with E-state index in [4.69, 9.17) is 4.74 Å². The molecule has 0 spiro atoms. The number of fused-ring (bicyclic) bond motifs is 10. The third-order valence-corrected chi connectivity index (χ3v) is 9.59. The van der Waals surface area contributed by atoms with E-state index in [2.05, 4.69) is 16.0 Å². The summed E-state index contributed by atoms with van der Waals surface area (Å²) in [6.45, 7) is 0.421. The standard InChI is InChI=1S/C42H45N5O5/c1-46(2)36(28-31-15-8-4-9-16-31)42(51)47-26-12-19-35(47)40(49)45-37-38(32-17-10-5-11-18-32)52-33-22-20-29(21-23-33)24-25-43-39(48)34(44-41(37)50)27-30-13-6-3-7-14-30/h3-11,13-18,20-25,34-38H,12,19,26-28H2,1-2H3,(H,43,48)(H,44,50)(H,45,49)/b25-24-. The van der Waals surface area contributed by atoms with Crippen LogP contribution in [0.3, 0.4) is 0 Å². The minimum Gasteiger partial charge on any atom is -0.483 e. The van der Waals surface area contributed by atoms with Crippen molar-refractivity contribution in [3.05, 3.63) is 144 Å². The van der Waals surface area contributed by atoms with E-state index >= 15 is 0 Å². The van der Waals surface area contributed by atoms with Crippen molar-refractivity contribution in [3.8, 4) is 5.75 Å².